The molecule has 10 heteroatoms. The highest BCUT2D eigenvalue weighted by molar-refractivity contribution is 6.31. The number of aromatic nitrogens is 3. The zero-order chi connectivity index (χ0) is 26.2. The zero-order valence-corrected chi connectivity index (χ0v) is 20.4. The van der Waals surface area contributed by atoms with Crippen LogP contribution in [-0.2, 0) is 4.79 Å². The number of ether oxygens (including phenoxy) is 1. The number of hydrogen-bond acceptors (Lipinski definition) is 5. The molecule has 2 N–H and O–H groups in total. The van der Waals surface area contributed by atoms with Gasteiger partial charge in [0.2, 0.25) is 0 Å². The molecule has 0 radical (unpaired) electrons. The smallest absolute Gasteiger partial charge is 0.262 e. The molecule has 0 fully saturated rings. The summed E-state index contributed by atoms with van der Waals surface area (Å²) in [6.07, 6.45) is 3.23. The van der Waals surface area contributed by atoms with Crippen LogP contribution < -0.4 is 15.4 Å². The van der Waals surface area contributed by atoms with E-state index < -0.39 is 17.8 Å². The van der Waals surface area contributed by atoms with Gasteiger partial charge >= 0.3 is 0 Å². The minimum absolute atomic E-state index is 0.249. The minimum Gasteiger partial charge on any atom is -0.484 e. The Hall–Kier alpha value is -4.76. The first-order valence-corrected chi connectivity index (χ1v) is 12.1. The van der Waals surface area contributed by atoms with Crippen LogP contribution in [-0.4, -0.2) is 33.0 Å². The summed E-state index contributed by atoms with van der Waals surface area (Å²) in [5.74, 6) is -0.746. The fraction of sp³-hybridized carbons (Fsp3) is 0.0714. The Morgan fingerprint density at radius 2 is 1.92 bits per heavy atom. The minimum atomic E-state index is -0.766. The van der Waals surface area contributed by atoms with Gasteiger partial charge in [0.15, 0.2) is 12.3 Å². The van der Waals surface area contributed by atoms with Crippen LogP contribution in [0.25, 0.3) is 16.8 Å². The third kappa shape index (κ3) is 4.44. The number of nitrogens with one attached hydrogen (secondary N) is 2. The van der Waals surface area contributed by atoms with E-state index in [0.29, 0.717) is 39.3 Å². The second kappa shape index (κ2) is 9.60. The van der Waals surface area contributed by atoms with E-state index in [2.05, 4.69) is 20.7 Å². The first kappa shape index (κ1) is 23.6. The van der Waals surface area contributed by atoms with Gasteiger partial charge in [-0.25, -0.2) is 13.9 Å². The Kier molecular flexibility index (Phi) is 5.97. The summed E-state index contributed by atoms with van der Waals surface area (Å²) in [7, 11) is 0. The monoisotopic (exact) mass is 527 g/mol. The molecule has 38 heavy (non-hydrogen) atoms. The fourth-order valence-electron chi connectivity index (χ4n) is 4.51. The number of nitrogens with zero attached hydrogens (tertiary/aromatic N) is 3. The number of hydrogen-bond donors (Lipinski definition) is 2. The lowest BCUT2D eigenvalue weighted by Gasteiger charge is -2.19. The third-order valence-electron chi connectivity index (χ3n) is 6.25. The van der Waals surface area contributed by atoms with Gasteiger partial charge in [0.05, 0.1) is 6.04 Å². The van der Waals surface area contributed by atoms with Crippen molar-refractivity contribution in [2.24, 2.45) is 0 Å². The van der Waals surface area contributed by atoms with Crippen molar-refractivity contribution in [1.82, 2.24) is 19.9 Å². The Morgan fingerprint density at radius 1 is 1.08 bits per heavy atom. The number of amides is 2. The third-order valence-corrected chi connectivity index (χ3v) is 6.60. The second-order valence-electron chi connectivity index (χ2n) is 8.69. The van der Waals surface area contributed by atoms with Gasteiger partial charge in [0.1, 0.15) is 17.9 Å². The molecule has 8 nitrogen and oxygen atoms in total. The van der Waals surface area contributed by atoms with Crippen LogP contribution >= 0.6 is 11.6 Å². The van der Waals surface area contributed by atoms with E-state index in [1.54, 1.807) is 53.2 Å². The molecule has 2 aromatic heterocycles. The van der Waals surface area contributed by atoms with Crippen molar-refractivity contribution in [3.05, 3.63) is 113 Å². The summed E-state index contributed by atoms with van der Waals surface area (Å²) in [5.41, 5.74) is 3.67. The topological polar surface area (TPSA) is 97.6 Å². The lowest BCUT2D eigenvalue weighted by atomic mass is 9.93. The van der Waals surface area contributed by atoms with Crippen molar-refractivity contribution >= 4 is 34.7 Å². The molecule has 0 aliphatic carbocycles. The van der Waals surface area contributed by atoms with Crippen molar-refractivity contribution < 1.29 is 18.7 Å². The Balaban J connectivity index is 1.42. The molecule has 6 rings (SSSR count). The molecule has 3 heterocycles. The van der Waals surface area contributed by atoms with Gasteiger partial charge in [0.25, 0.3) is 11.8 Å². The van der Waals surface area contributed by atoms with Crippen molar-refractivity contribution in [3.63, 3.8) is 0 Å². The molecule has 3 aromatic carbocycles. The highest BCUT2D eigenvalue weighted by atomic mass is 35.5. The molecular formula is C28H19ClFN5O3. The number of para-hydroxylation sites is 1. The Morgan fingerprint density at radius 3 is 2.76 bits per heavy atom. The maximum atomic E-state index is 14.2. The largest absolute Gasteiger partial charge is 0.484 e. The average Bonchev–Trinajstić information content (AvgIpc) is 3.53. The highest BCUT2D eigenvalue weighted by Crippen LogP contribution is 2.41. The van der Waals surface area contributed by atoms with Crippen molar-refractivity contribution in [2.45, 2.75) is 6.04 Å². The van der Waals surface area contributed by atoms with E-state index in [1.165, 1.54) is 24.5 Å². The van der Waals surface area contributed by atoms with E-state index in [4.69, 9.17) is 16.3 Å². The van der Waals surface area contributed by atoms with Gasteiger partial charge in [-0.05, 0) is 60.2 Å². The normalized spacial score (nSPS) is 14.3. The molecule has 0 spiro atoms. The van der Waals surface area contributed by atoms with Crippen LogP contribution in [0.5, 0.6) is 5.75 Å². The summed E-state index contributed by atoms with van der Waals surface area (Å²) < 4.78 is 21.4. The lowest BCUT2D eigenvalue weighted by Crippen LogP contribution is -2.23. The van der Waals surface area contributed by atoms with Crippen LogP contribution in [0.15, 0.2) is 85.3 Å². The summed E-state index contributed by atoms with van der Waals surface area (Å²) in [5, 5.41) is 10.2. The predicted octanol–water partition coefficient (Wildman–Crippen LogP) is 5.04. The number of carbonyl (C=O) groups excluding carboxylic acids is 2. The van der Waals surface area contributed by atoms with E-state index in [1.807, 2.05) is 12.1 Å². The van der Waals surface area contributed by atoms with Gasteiger partial charge < -0.3 is 15.4 Å². The average molecular weight is 528 g/mol. The van der Waals surface area contributed by atoms with Crippen molar-refractivity contribution in [3.8, 4) is 16.9 Å². The zero-order valence-electron chi connectivity index (χ0n) is 19.7. The summed E-state index contributed by atoms with van der Waals surface area (Å²) in [6.45, 7) is -0.249. The summed E-state index contributed by atoms with van der Waals surface area (Å²) >= 11 is 6.40. The maximum Gasteiger partial charge on any atom is 0.262 e. The number of halogens is 2. The molecule has 2 amide bonds. The summed E-state index contributed by atoms with van der Waals surface area (Å²) in [4.78, 5) is 30.3. The molecule has 0 saturated carbocycles. The highest BCUT2D eigenvalue weighted by Gasteiger charge is 2.35. The van der Waals surface area contributed by atoms with Gasteiger partial charge in [0, 0.05) is 39.2 Å². The first-order valence-electron chi connectivity index (χ1n) is 11.7. The van der Waals surface area contributed by atoms with Gasteiger partial charge in [-0.15, -0.1) is 0 Å². The van der Waals surface area contributed by atoms with Crippen LogP contribution in [0, 0.1) is 5.82 Å². The van der Waals surface area contributed by atoms with Crippen LogP contribution in [0.1, 0.15) is 27.5 Å². The van der Waals surface area contributed by atoms with E-state index in [9.17, 15) is 14.0 Å². The lowest BCUT2D eigenvalue weighted by molar-refractivity contribution is -0.118. The Bertz CT molecular complexity index is 1710. The molecule has 1 atom stereocenters. The maximum absolute atomic E-state index is 14.2. The van der Waals surface area contributed by atoms with Gasteiger partial charge in [-0.1, -0.05) is 29.8 Å². The van der Waals surface area contributed by atoms with Crippen LogP contribution in [0.2, 0.25) is 5.02 Å². The first-order chi connectivity index (χ1) is 18.5. The van der Waals surface area contributed by atoms with Crippen molar-refractivity contribution in [1.29, 1.82) is 0 Å². The molecule has 188 valence electrons. The SMILES string of the molecule is O=C(COc1ccccc1)Nc1cc(-c2ccc3ncnn3c2)cc2c1C(c1cc(F)ccc1Cl)NC2=O. The van der Waals surface area contributed by atoms with Crippen LogP contribution in [0.4, 0.5) is 10.1 Å². The molecule has 1 unspecified atom stereocenters. The predicted molar refractivity (Wildman–Crippen MR) is 140 cm³/mol. The van der Waals surface area contributed by atoms with Gasteiger partial charge in [-0.3, -0.25) is 9.59 Å². The standard InChI is InChI=1S/C28H19ClFN5O3/c29-22-8-7-18(30)12-20(22)27-26-21(28(37)34-27)10-17(16-6-9-24-31-15-32-35(24)13-16)11-23(26)33-25(36)14-38-19-4-2-1-3-5-19/h1-13,15,27H,14H2,(H,33,36)(H,34,37). The van der Waals surface area contributed by atoms with E-state index in [0.717, 1.165) is 5.56 Å². The Labute approximate surface area is 221 Å². The van der Waals surface area contributed by atoms with Crippen molar-refractivity contribution in [2.75, 3.05) is 11.9 Å². The number of anilines is 1. The number of rotatable bonds is 6. The molecule has 1 aliphatic heterocycles. The summed E-state index contributed by atoms with van der Waals surface area (Å²) in [6, 6.07) is 19.3. The quantitative estimate of drug-likeness (QED) is 0.322. The molecular weight excluding hydrogens is 509 g/mol. The number of benzene rings is 3. The molecule has 0 bridgehead atoms. The fourth-order valence-corrected chi connectivity index (χ4v) is 4.74. The molecule has 1 aliphatic rings. The van der Waals surface area contributed by atoms with Crippen LogP contribution in [0.3, 0.4) is 0 Å². The number of fused-ring (bicyclic) bond motifs is 2. The van der Waals surface area contributed by atoms with E-state index in [-0.39, 0.29) is 17.5 Å². The number of pyridine rings is 1. The second-order valence-corrected chi connectivity index (χ2v) is 9.10. The molecule has 0 saturated heterocycles. The van der Waals surface area contributed by atoms with Gasteiger partial charge in [-0.2, -0.15) is 5.10 Å². The van der Waals surface area contributed by atoms with E-state index >= 15 is 0 Å². The molecule has 5 aromatic rings. The number of carbonyl (C=O) groups is 2.